The zero-order valence-electron chi connectivity index (χ0n) is 15.9. The van der Waals surface area contributed by atoms with Crippen LogP contribution in [0.15, 0.2) is 4.99 Å². The predicted octanol–water partition coefficient (Wildman–Crippen LogP) is 1.90. The largest absolute Gasteiger partial charge is 0.378 e. The third kappa shape index (κ3) is 3.94. The van der Waals surface area contributed by atoms with Crippen molar-refractivity contribution in [1.29, 1.82) is 0 Å². The molecule has 0 bridgehead atoms. The molecule has 1 amide bonds. The van der Waals surface area contributed by atoms with E-state index in [0.29, 0.717) is 23.5 Å². The maximum Gasteiger partial charge on any atom is 0.222 e. The van der Waals surface area contributed by atoms with Crippen molar-refractivity contribution < 1.29 is 9.53 Å². The Labute approximate surface area is 151 Å². The summed E-state index contributed by atoms with van der Waals surface area (Å²) in [6, 6.07) is 0.482. The molecule has 3 aliphatic rings. The maximum atomic E-state index is 11.6. The maximum absolute atomic E-state index is 11.6. The molecule has 3 fully saturated rings. The van der Waals surface area contributed by atoms with Gasteiger partial charge < -0.3 is 20.3 Å². The molecule has 0 radical (unpaired) electrons. The third-order valence-corrected chi connectivity index (χ3v) is 6.12. The van der Waals surface area contributed by atoms with Gasteiger partial charge in [0.2, 0.25) is 5.91 Å². The minimum atomic E-state index is 0.303. The lowest BCUT2D eigenvalue weighted by Crippen LogP contribution is -2.68. The van der Waals surface area contributed by atoms with Crippen molar-refractivity contribution in [2.75, 3.05) is 32.8 Å². The van der Waals surface area contributed by atoms with Crippen molar-refractivity contribution in [2.24, 2.45) is 10.4 Å². The lowest BCUT2D eigenvalue weighted by Gasteiger charge is -2.61. The Kier molecular flexibility index (Phi) is 6.20. The molecule has 142 valence electrons. The quantitative estimate of drug-likeness (QED) is 0.399. The number of carbonyl (C=O) groups is 1. The smallest absolute Gasteiger partial charge is 0.222 e. The molecule has 6 heteroatoms. The lowest BCUT2D eigenvalue weighted by molar-refractivity contribution is -0.168. The van der Waals surface area contributed by atoms with Crippen LogP contribution in [0, 0.1) is 5.41 Å². The highest BCUT2D eigenvalue weighted by atomic mass is 16.5. The van der Waals surface area contributed by atoms with Crippen molar-refractivity contribution in [1.82, 2.24) is 15.5 Å². The number of likely N-dealkylation sites (tertiary alicyclic amines) is 1. The zero-order chi connectivity index (χ0) is 17.7. The Balaban J connectivity index is 1.46. The van der Waals surface area contributed by atoms with Gasteiger partial charge in [0.05, 0.1) is 6.10 Å². The number of rotatable bonds is 8. The van der Waals surface area contributed by atoms with E-state index in [1.165, 1.54) is 19.3 Å². The van der Waals surface area contributed by atoms with Gasteiger partial charge in [0.1, 0.15) is 0 Å². The minimum absolute atomic E-state index is 0.303. The Morgan fingerprint density at radius 1 is 1.36 bits per heavy atom. The zero-order valence-corrected chi connectivity index (χ0v) is 15.9. The van der Waals surface area contributed by atoms with E-state index in [-0.39, 0.29) is 0 Å². The average molecular weight is 351 g/mol. The Bertz CT molecular complexity index is 490. The topological polar surface area (TPSA) is 66.0 Å². The van der Waals surface area contributed by atoms with Gasteiger partial charge in [-0.1, -0.05) is 6.42 Å². The molecule has 1 aliphatic heterocycles. The van der Waals surface area contributed by atoms with E-state index in [1.54, 1.807) is 0 Å². The van der Waals surface area contributed by atoms with Gasteiger partial charge in [-0.2, -0.15) is 0 Å². The standard InChI is InChI=1S/C19H34N4O2/c1-3-20-18(21-11-7-13-23-12-5-8-17(23)24)22-15-14-16(25-4-2)19(15)9-6-10-19/h15-16H,3-14H2,1-2H3,(H2,20,21,22). The second-order valence-electron chi connectivity index (χ2n) is 7.56. The van der Waals surface area contributed by atoms with Crippen molar-refractivity contribution in [3.63, 3.8) is 0 Å². The summed E-state index contributed by atoms with van der Waals surface area (Å²) in [4.78, 5) is 18.3. The van der Waals surface area contributed by atoms with Crippen LogP contribution in [-0.2, 0) is 9.53 Å². The number of nitrogens with zero attached hydrogens (tertiary/aromatic N) is 2. The summed E-state index contributed by atoms with van der Waals surface area (Å²) in [7, 11) is 0. The summed E-state index contributed by atoms with van der Waals surface area (Å²) >= 11 is 0. The monoisotopic (exact) mass is 350 g/mol. The van der Waals surface area contributed by atoms with Crippen LogP contribution in [0.3, 0.4) is 0 Å². The number of carbonyl (C=O) groups excluding carboxylic acids is 1. The van der Waals surface area contributed by atoms with Gasteiger partial charge in [-0.25, -0.2) is 0 Å². The van der Waals surface area contributed by atoms with Crippen LogP contribution in [0.2, 0.25) is 0 Å². The van der Waals surface area contributed by atoms with Gasteiger partial charge >= 0.3 is 0 Å². The van der Waals surface area contributed by atoms with E-state index < -0.39 is 0 Å². The molecule has 1 saturated heterocycles. The molecule has 2 unspecified atom stereocenters. The number of nitrogens with one attached hydrogen (secondary N) is 2. The fraction of sp³-hybridized carbons (Fsp3) is 0.895. The van der Waals surface area contributed by atoms with Crippen LogP contribution in [-0.4, -0.2) is 61.7 Å². The summed E-state index contributed by atoms with van der Waals surface area (Å²) < 4.78 is 5.94. The summed E-state index contributed by atoms with van der Waals surface area (Å²) in [6.45, 7) is 8.37. The highest BCUT2D eigenvalue weighted by Crippen LogP contribution is 2.57. The van der Waals surface area contributed by atoms with Crippen LogP contribution in [0.25, 0.3) is 0 Å². The second-order valence-corrected chi connectivity index (χ2v) is 7.56. The summed E-state index contributed by atoms with van der Waals surface area (Å²) in [5.41, 5.74) is 0.341. The molecule has 0 aromatic rings. The lowest BCUT2D eigenvalue weighted by atomic mass is 9.51. The molecular formula is C19H34N4O2. The number of amides is 1. The number of hydrogen-bond acceptors (Lipinski definition) is 3. The van der Waals surface area contributed by atoms with Gasteiger partial charge in [0.15, 0.2) is 5.96 Å². The predicted molar refractivity (Wildman–Crippen MR) is 99.6 cm³/mol. The third-order valence-electron chi connectivity index (χ3n) is 6.12. The van der Waals surface area contributed by atoms with Crippen LogP contribution >= 0.6 is 0 Å². The summed E-state index contributed by atoms with van der Waals surface area (Å²) in [6.07, 6.45) is 8.03. The highest BCUT2D eigenvalue weighted by Gasteiger charge is 2.59. The first-order chi connectivity index (χ1) is 12.2. The van der Waals surface area contributed by atoms with Crippen LogP contribution < -0.4 is 10.6 Å². The van der Waals surface area contributed by atoms with E-state index in [1.807, 2.05) is 4.90 Å². The minimum Gasteiger partial charge on any atom is -0.378 e. The summed E-state index contributed by atoms with van der Waals surface area (Å²) in [5.74, 6) is 1.22. The Morgan fingerprint density at radius 2 is 2.20 bits per heavy atom. The van der Waals surface area contributed by atoms with Crippen molar-refractivity contribution in [3.8, 4) is 0 Å². The van der Waals surface area contributed by atoms with E-state index in [0.717, 1.165) is 64.4 Å². The molecule has 0 aromatic carbocycles. The fourth-order valence-electron chi connectivity index (χ4n) is 4.52. The average Bonchev–Trinajstić information content (AvgIpc) is 2.94. The molecule has 2 N–H and O–H groups in total. The van der Waals surface area contributed by atoms with E-state index in [2.05, 4.69) is 24.5 Å². The van der Waals surface area contributed by atoms with Crippen LogP contribution in [0.1, 0.15) is 58.8 Å². The van der Waals surface area contributed by atoms with Crippen molar-refractivity contribution in [3.05, 3.63) is 0 Å². The highest BCUT2D eigenvalue weighted by molar-refractivity contribution is 5.80. The Hall–Kier alpha value is -1.30. The first-order valence-electron chi connectivity index (χ1n) is 10.1. The first kappa shape index (κ1) is 18.5. The van der Waals surface area contributed by atoms with Gasteiger partial charge in [0, 0.05) is 50.7 Å². The molecule has 0 aromatic heterocycles. The SMILES string of the molecule is CCNC(=NCCCN1CCCC1=O)NC1CC(OCC)C12CCC2. The van der Waals surface area contributed by atoms with E-state index in [4.69, 9.17) is 9.73 Å². The van der Waals surface area contributed by atoms with Crippen LogP contribution in [0.4, 0.5) is 0 Å². The number of ether oxygens (including phenoxy) is 1. The molecule has 25 heavy (non-hydrogen) atoms. The van der Waals surface area contributed by atoms with Gasteiger partial charge in [0.25, 0.3) is 0 Å². The normalized spacial score (nSPS) is 28.0. The van der Waals surface area contributed by atoms with E-state index >= 15 is 0 Å². The fourth-order valence-corrected chi connectivity index (χ4v) is 4.52. The molecule has 3 rings (SSSR count). The molecule has 1 spiro atoms. The number of aliphatic imine (C=N–C) groups is 1. The number of hydrogen-bond donors (Lipinski definition) is 2. The first-order valence-corrected chi connectivity index (χ1v) is 10.1. The molecule has 6 nitrogen and oxygen atoms in total. The molecule has 1 heterocycles. The van der Waals surface area contributed by atoms with Crippen molar-refractivity contribution in [2.45, 2.75) is 70.9 Å². The Morgan fingerprint density at radius 3 is 2.80 bits per heavy atom. The molecule has 2 atom stereocenters. The van der Waals surface area contributed by atoms with Gasteiger partial charge in [-0.3, -0.25) is 9.79 Å². The second kappa shape index (κ2) is 8.39. The van der Waals surface area contributed by atoms with Gasteiger partial charge in [-0.05, 0) is 46.0 Å². The van der Waals surface area contributed by atoms with E-state index in [9.17, 15) is 4.79 Å². The van der Waals surface area contributed by atoms with Crippen molar-refractivity contribution >= 4 is 11.9 Å². The molecule has 2 saturated carbocycles. The molecular weight excluding hydrogens is 316 g/mol. The summed E-state index contributed by atoms with van der Waals surface area (Å²) in [5, 5.41) is 7.02. The van der Waals surface area contributed by atoms with Crippen LogP contribution in [0.5, 0.6) is 0 Å². The van der Waals surface area contributed by atoms with Gasteiger partial charge in [-0.15, -0.1) is 0 Å². The number of guanidine groups is 1. The molecule has 2 aliphatic carbocycles.